The van der Waals surface area contributed by atoms with Crippen molar-refractivity contribution in [1.29, 1.82) is 0 Å². The molecule has 1 heterocycles. The van der Waals surface area contributed by atoms with E-state index >= 15 is 0 Å². The van der Waals surface area contributed by atoms with E-state index in [-0.39, 0.29) is 0 Å². The minimum Gasteiger partial charge on any atom is -0.368 e. The van der Waals surface area contributed by atoms with E-state index in [0.717, 1.165) is 17.1 Å². The summed E-state index contributed by atoms with van der Waals surface area (Å²) in [7, 11) is 0. The number of nitrogen functional groups attached to an aromatic ring is 1. The Morgan fingerprint density at radius 2 is 2.00 bits per heavy atom. The molecule has 0 saturated heterocycles. The molecule has 1 saturated carbocycles. The Balaban J connectivity index is 1.98. The highest BCUT2D eigenvalue weighted by Gasteiger charge is 2.18. The van der Waals surface area contributed by atoms with Crippen LogP contribution in [0.25, 0.3) is 11.3 Å². The predicted octanol–water partition coefficient (Wildman–Crippen LogP) is 3.31. The fraction of sp³-hybridized carbons (Fsp3) is 0.375. The van der Waals surface area contributed by atoms with Crippen LogP contribution < -0.4 is 11.1 Å². The van der Waals surface area contributed by atoms with Gasteiger partial charge in [-0.1, -0.05) is 18.2 Å². The molecular weight excluding hydrogens is 248 g/mol. The summed E-state index contributed by atoms with van der Waals surface area (Å²) in [6.07, 6.45) is 3.72. The normalized spacial score (nSPS) is 14.9. The van der Waals surface area contributed by atoms with Crippen molar-refractivity contribution in [1.82, 2.24) is 9.97 Å². The lowest BCUT2D eigenvalue weighted by Gasteiger charge is -2.27. The van der Waals surface area contributed by atoms with Gasteiger partial charge in [0.2, 0.25) is 5.95 Å². The molecule has 0 atom stereocenters. The molecule has 3 rings (SSSR count). The quantitative estimate of drug-likeness (QED) is 0.896. The van der Waals surface area contributed by atoms with Crippen LogP contribution in [-0.4, -0.2) is 16.0 Å². The van der Waals surface area contributed by atoms with Crippen LogP contribution in [0, 0.1) is 13.8 Å². The summed E-state index contributed by atoms with van der Waals surface area (Å²) in [6, 6.07) is 8.77. The van der Waals surface area contributed by atoms with Crippen LogP contribution in [0.4, 0.5) is 11.8 Å². The van der Waals surface area contributed by atoms with Crippen molar-refractivity contribution in [3.05, 3.63) is 35.4 Å². The monoisotopic (exact) mass is 268 g/mol. The Morgan fingerprint density at radius 1 is 1.20 bits per heavy atom. The first-order chi connectivity index (χ1) is 9.63. The van der Waals surface area contributed by atoms with Gasteiger partial charge in [0.15, 0.2) is 0 Å². The van der Waals surface area contributed by atoms with Gasteiger partial charge < -0.3 is 11.1 Å². The van der Waals surface area contributed by atoms with Gasteiger partial charge in [0.1, 0.15) is 5.82 Å². The Labute approximate surface area is 119 Å². The molecule has 20 heavy (non-hydrogen) atoms. The van der Waals surface area contributed by atoms with Crippen molar-refractivity contribution < 1.29 is 0 Å². The number of aryl methyl sites for hydroxylation is 1. The number of nitrogens with zero attached hydrogens (tertiary/aromatic N) is 2. The van der Waals surface area contributed by atoms with Crippen LogP contribution in [0.2, 0.25) is 0 Å². The van der Waals surface area contributed by atoms with Gasteiger partial charge >= 0.3 is 0 Å². The maximum Gasteiger partial charge on any atom is 0.222 e. The summed E-state index contributed by atoms with van der Waals surface area (Å²) in [5.41, 5.74) is 10.4. The first-order valence-electron chi connectivity index (χ1n) is 7.11. The molecule has 1 fully saturated rings. The van der Waals surface area contributed by atoms with Gasteiger partial charge in [-0.05, 0) is 44.2 Å². The van der Waals surface area contributed by atoms with E-state index in [4.69, 9.17) is 5.73 Å². The van der Waals surface area contributed by atoms with Crippen LogP contribution in [-0.2, 0) is 0 Å². The number of hydrogen-bond donors (Lipinski definition) is 2. The molecule has 2 aromatic rings. The van der Waals surface area contributed by atoms with Crippen LogP contribution in [0.5, 0.6) is 0 Å². The van der Waals surface area contributed by atoms with E-state index in [1.54, 1.807) is 0 Å². The third-order valence-electron chi connectivity index (χ3n) is 4.08. The Bertz CT molecular complexity index is 632. The highest BCUT2D eigenvalue weighted by atomic mass is 15.1. The fourth-order valence-electron chi connectivity index (χ4n) is 2.47. The van der Waals surface area contributed by atoms with Crippen LogP contribution in [0.3, 0.4) is 0 Å². The highest BCUT2D eigenvalue weighted by Crippen LogP contribution is 2.28. The van der Waals surface area contributed by atoms with Crippen LogP contribution in [0.1, 0.15) is 30.4 Å². The fourth-order valence-corrected chi connectivity index (χ4v) is 2.47. The molecule has 4 heteroatoms. The van der Waals surface area contributed by atoms with Gasteiger partial charge in [0, 0.05) is 17.7 Å². The SMILES string of the molecule is Cc1cccc(-c2cc(NC3CCC3)nc(N)n2)c1C. The number of hydrogen-bond acceptors (Lipinski definition) is 4. The van der Waals surface area contributed by atoms with Crippen molar-refractivity contribution in [3.8, 4) is 11.3 Å². The molecule has 0 aliphatic heterocycles. The maximum atomic E-state index is 5.86. The van der Waals surface area contributed by atoms with Crippen molar-refractivity contribution in [2.24, 2.45) is 0 Å². The standard InChI is InChI=1S/C16H20N4/c1-10-5-3-8-13(11(10)2)14-9-15(20-16(17)19-14)18-12-6-4-7-12/h3,5,8-9,12H,4,6-7H2,1-2H3,(H3,17,18,19,20). The molecular formula is C16H20N4. The topological polar surface area (TPSA) is 63.8 Å². The molecule has 1 aromatic heterocycles. The predicted molar refractivity (Wildman–Crippen MR) is 82.6 cm³/mol. The number of benzene rings is 1. The zero-order chi connectivity index (χ0) is 14.1. The molecule has 0 spiro atoms. The van der Waals surface area contributed by atoms with Gasteiger partial charge in [-0.3, -0.25) is 0 Å². The van der Waals surface area contributed by atoms with Gasteiger partial charge in [-0.2, -0.15) is 4.98 Å². The van der Waals surface area contributed by atoms with Gasteiger partial charge in [0.05, 0.1) is 5.69 Å². The Kier molecular flexibility index (Phi) is 3.30. The zero-order valence-corrected chi connectivity index (χ0v) is 12.0. The largest absolute Gasteiger partial charge is 0.368 e. The summed E-state index contributed by atoms with van der Waals surface area (Å²) in [5, 5.41) is 3.43. The smallest absolute Gasteiger partial charge is 0.222 e. The summed E-state index contributed by atoms with van der Waals surface area (Å²) < 4.78 is 0. The van der Waals surface area contributed by atoms with Gasteiger partial charge in [0.25, 0.3) is 0 Å². The Hall–Kier alpha value is -2.10. The zero-order valence-electron chi connectivity index (χ0n) is 12.0. The third kappa shape index (κ3) is 2.46. The Morgan fingerprint density at radius 3 is 2.70 bits per heavy atom. The highest BCUT2D eigenvalue weighted by molar-refractivity contribution is 5.68. The van der Waals surface area contributed by atoms with Crippen molar-refractivity contribution in [2.75, 3.05) is 11.1 Å². The number of rotatable bonds is 3. The number of aromatic nitrogens is 2. The number of nitrogens with two attached hydrogens (primary N) is 1. The second kappa shape index (κ2) is 5.12. The van der Waals surface area contributed by atoms with Crippen LogP contribution >= 0.6 is 0 Å². The average Bonchev–Trinajstić information content (AvgIpc) is 2.36. The summed E-state index contributed by atoms with van der Waals surface area (Å²) in [4.78, 5) is 8.67. The molecule has 1 aliphatic carbocycles. The van der Waals surface area contributed by atoms with Crippen molar-refractivity contribution >= 4 is 11.8 Å². The first-order valence-corrected chi connectivity index (χ1v) is 7.11. The summed E-state index contributed by atoms with van der Waals surface area (Å²) in [5.74, 6) is 1.16. The second-order valence-corrected chi connectivity index (χ2v) is 5.52. The summed E-state index contributed by atoms with van der Waals surface area (Å²) in [6.45, 7) is 4.22. The third-order valence-corrected chi connectivity index (χ3v) is 4.08. The molecule has 104 valence electrons. The van der Waals surface area contributed by atoms with E-state index in [0.29, 0.717) is 12.0 Å². The molecule has 0 radical (unpaired) electrons. The molecule has 3 N–H and O–H groups in total. The van der Waals surface area contributed by atoms with E-state index in [9.17, 15) is 0 Å². The van der Waals surface area contributed by atoms with Crippen LogP contribution in [0.15, 0.2) is 24.3 Å². The maximum absolute atomic E-state index is 5.86. The van der Waals surface area contributed by atoms with Gasteiger partial charge in [-0.25, -0.2) is 4.98 Å². The lowest BCUT2D eigenvalue weighted by molar-refractivity contribution is 0.444. The summed E-state index contributed by atoms with van der Waals surface area (Å²) >= 11 is 0. The van der Waals surface area contributed by atoms with Crippen molar-refractivity contribution in [2.45, 2.75) is 39.2 Å². The number of nitrogens with one attached hydrogen (secondary N) is 1. The van der Waals surface area contributed by atoms with Gasteiger partial charge in [-0.15, -0.1) is 0 Å². The minimum atomic E-state index is 0.324. The van der Waals surface area contributed by atoms with E-state index < -0.39 is 0 Å². The molecule has 1 aromatic carbocycles. The molecule has 1 aliphatic rings. The van der Waals surface area contributed by atoms with Crippen molar-refractivity contribution in [3.63, 3.8) is 0 Å². The van der Waals surface area contributed by atoms with E-state index in [1.165, 1.54) is 30.4 Å². The second-order valence-electron chi connectivity index (χ2n) is 5.52. The molecule has 0 amide bonds. The van der Waals surface area contributed by atoms with E-state index in [2.05, 4.69) is 47.3 Å². The lowest BCUT2D eigenvalue weighted by Crippen LogP contribution is -2.27. The lowest BCUT2D eigenvalue weighted by atomic mass is 9.93. The molecule has 4 nitrogen and oxygen atoms in total. The molecule has 0 bridgehead atoms. The first kappa shape index (κ1) is 12.9. The molecule has 0 unspecified atom stereocenters. The average molecular weight is 268 g/mol. The minimum absolute atomic E-state index is 0.324. The van der Waals surface area contributed by atoms with E-state index in [1.807, 2.05) is 6.07 Å². The number of anilines is 2.